The number of anilines is 1. The van der Waals surface area contributed by atoms with E-state index in [0.29, 0.717) is 4.91 Å². The minimum absolute atomic E-state index is 0.0805. The van der Waals surface area contributed by atoms with Crippen LogP contribution in [0, 0.1) is 0 Å². The minimum atomic E-state index is -0.0805. The maximum atomic E-state index is 12.3. The van der Waals surface area contributed by atoms with Gasteiger partial charge in [0.05, 0.1) is 16.7 Å². The van der Waals surface area contributed by atoms with Gasteiger partial charge in [-0.25, -0.2) is 0 Å². The largest absolute Gasteiger partial charge is 0.490 e. The Bertz CT molecular complexity index is 737. The average Bonchev–Trinajstić information content (AvgIpc) is 2.49. The van der Waals surface area contributed by atoms with Gasteiger partial charge in [-0.2, -0.15) is 0 Å². The van der Waals surface area contributed by atoms with Crippen LogP contribution in [0.15, 0.2) is 58.3 Å². The van der Waals surface area contributed by atoms with Gasteiger partial charge in [-0.3, -0.25) is 4.79 Å². The minimum Gasteiger partial charge on any atom is -0.490 e. The molecule has 0 unspecified atom stereocenters. The highest BCUT2D eigenvalue weighted by Crippen LogP contribution is 2.39. The molecule has 112 valence electrons. The topological polar surface area (TPSA) is 38.3 Å². The van der Waals surface area contributed by atoms with E-state index in [1.807, 2.05) is 68.5 Å². The standard InChI is InChI=1S/C18H17NO2S/c1-12(2)21-15-9-5-3-7-13(15)11-17-18(20)19-14-8-4-6-10-16(14)22-17/h3-12H,1-2H3,(H,19,20)/b17-11-. The highest BCUT2D eigenvalue weighted by Gasteiger charge is 2.20. The first-order valence-corrected chi connectivity index (χ1v) is 8.01. The lowest BCUT2D eigenvalue weighted by molar-refractivity contribution is -0.112. The van der Waals surface area contributed by atoms with E-state index in [0.717, 1.165) is 21.9 Å². The van der Waals surface area contributed by atoms with E-state index in [-0.39, 0.29) is 12.0 Å². The molecule has 3 rings (SSSR count). The second-order valence-corrected chi connectivity index (χ2v) is 6.35. The smallest absolute Gasteiger partial charge is 0.262 e. The molecule has 0 fully saturated rings. The normalized spacial score (nSPS) is 15.6. The number of ether oxygens (including phenoxy) is 1. The summed E-state index contributed by atoms with van der Waals surface area (Å²) in [5, 5.41) is 2.92. The van der Waals surface area contributed by atoms with Crippen LogP contribution in [0.4, 0.5) is 5.69 Å². The van der Waals surface area contributed by atoms with Crippen LogP contribution in [0.3, 0.4) is 0 Å². The number of fused-ring (bicyclic) bond motifs is 1. The summed E-state index contributed by atoms with van der Waals surface area (Å²) in [6.45, 7) is 3.98. The molecule has 3 nitrogen and oxygen atoms in total. The van der Waals surface area contributed by atoms with Crippen molar-refractivity contribution in [3.05, 3.63) is 59.0 Å². The summed E-state index contributed by atoms with van der Waals surface area (Å²) >= 11 is 1.48. The van der Waals surface area contributed by atoms with Gasteiger partial charge in [0.1, 0.15) is 5.75 Å². The van der Waals surface area contributed by atoms with E-state index >= 15 is 0 Å². The molecule has 0 bridgehead atoms. The predicted octanol–water partition coefficient (Wildman–Crippen LogP) is 4.56. The van der Waals surface area contributed by atoms with Gasteiger partial charge < -0.3 is 10.1 Å². The summed E-state index contributed by atoms with van der Waals surface area (Å²) in [5.74, 6) is 0.709. The van der Waals surface area contributed by atoms with E-state index < -0.39 is 0 Å². The molecular weight excluding hydrogens is 294 g/mol. The van der Waals surface area contributed by atoms with E-state index in [1.165, 1.54) is 11.8 Å². The van der Waals surface area contributed by atoms with Crippen molar-refractivity contribution in [1.29, 1.82) is 0 Å². The molecule has 2 aromatic carbocycles. The van der Waals surface area contributed by atoms with Gasteiger partial charge in [0.15, 0.2) is 0 Å². The SMILES string of the molecule is CC(C)Oc1ccccc1/C=C1\Sc2ccccc2NC1=O. The van der Waals surface area contributed by atoms with Gasteiger partial charge in [-0.1, -0.05) is 42.1 Å². The summed E-state index contributed by atoms with van der Waals surface area (Å²) in [6, 6.07) is 15.6. The molecule has 2 aromatic rings. The lowest BCUT2D eigenvalue weighted by Crippen LogP contribution is -2.17. The number of thioether (sulfide) groups is 1. The number of para-hydroxylation sites is 2. The predicted molar refractivity (Wildman–Crippen MR) is 91.1 cm³/mol. The first-order valence-electron chi connectivity index (χ1n) is 7.19. The number of amides is 1. The number of hydrogen-bond donors (Lipinski definition) is 1. The zero-order chi connectivity index (χ0) is 15.5. The molecular formula is C18H17NO2S. The molecule has 0 aromatic heterocycles. The lowest BCUT2D eigenvalue weighted by atomic mass is 10.1. The van der Waals surface area contributed by atoms with Crippen LogP contribution in [0.2, 0.25) is 0 Å². The van der Waals surface area contributed by atoms with Crippen molar-refractivity contribution in [2.75, 3.05) is 5.32 Å². The Kier molecular flexibility index (Phi) is 4.20. The van der Waals surface area contributed by atoms with Crippen molar-refractivity contribution in [2.24, 2.45) is 0 Å². The molecule has 0 spiro atoms. The van der Waals surface area contributed by atoms with Gasteiger partial charge in [-0.15, -0.1) is 0 Å². The van der Waals surface area contributed by atoms with Crippen molar-refractivity contribution >= 4 is 29.4 Å². The molecule has 1 heterocycles. The third-order valence-electron chi connectivity index (χ3n) is 3.15. The summed E-state index contributed by atoms with van der Waals surface area (Å²) < 4.78 is 5.81. The number of carbonyl (C=O) groups excluding carboxylic acids is 1. The highest BCUT2D eigenvalue weighted by atomic mass is 32.2. The summed E-state index contributed by atoms with van der Waals surface area (Å²) in [4.78, 5) is 14.0. The monoisotopic (exact) mass is 311 g/mol. The van der Waals surface area contributed by atoms with Crippen molar-refractivity contribution in [1.82, 2.24) is 0 Å². The molecule has 22 heavy (non-hydrogen) atoms. The molecule has 1 N–H and O–H groups in total. The molecule has 4 heteroatoms. The van der Waals surface area contributed by atoms with Crippen molar-refractivity contribution < 1.29 is 9.53 Å². The maximum absolute atomic E-state index is 12.3. The lowest BCUT2D eigenvalue weighted by Gasteiger charge is -2.19. The quantitative estimate of drug-likeness (QED) is 0.845. The number of nitrogens with one attached hydrogen (secondary N) is 1. The van der Waals surface area contributed by atoms with E-state index in [2.05, 4.69) is 5.32 Å². The van der Waals surface area contributed by atoms with Crippen LogP contribution in [-0.4, -0.2) is 12.0 Å². The Morgan fingerprint density at radius 2 is 1.82 bits per heavy atom. The summed E-state index contributed by atoms with van der Waals surface area (Å²) in [6.07, 6.45) is 1.97. The van der Waals surface area contributed by atoms with Crippen molar-refractivity contribution in [2.45, 2.75) is 24.8 Å². The average molecular weight is 311 g/mol. The Hall–Kier alpha value is -2.20. The Labute approximate surface area is 134 Å². The Morgan fingerprint density at radius 1 is 1.09 bits per heavy atom. The molecule has 0 aliphatic carbocycles. The zero-order valence-electron chi connectivity index (χ0n) is 12.5. The van der Waals surface area contributed by atoms with Crippen LogP contribution in [0.25, 0.3) is 6.08 Å². The number of benzene rings is 2. The van der Waals surface area contributed by atoms with Gasteiger partial charge in [0, 0.05) is 10.5 Å². The first kappa shape index (κ1) is 14.7. The summed E-state index contributed by atoms with van der Waals surface area (Å²) in [7, 11) is 0. The Balaban J connectivity index is 1.95. The molecule has 1 aliphatic rings. The molecule has 1 aliphatic heterocycles. The fraction of sp³-hybridized carbons (Fsp3) is 0.167. The summed E-state index contributed by atoms with van der Waals surface area (Å²) in [5.41, 5.74) is 1.77. The first-order chi connectivity index (χ1) is 10.6. The third kappa shape index (κ3) is 3.17. The highest BCUT2D eigenvalue weighted by molar-refractivity contribution is 8.04. The van der Waals surface area contributed by atoms with E-state index in [9.17, 15) is 4.79 Å². The van der Waals surface area contributed by atoms with Gasteiger partial charge in [0.25, 0.3) is 5.91 Å². The van der Waals surface area contributed by atoms with Crippen LogP contribution in [0.5, 0.6) is 5.75 Å². The third-order valence-corrected chi connectivity index (χ3v) is 4.25. The molecule has 0 atom stereocenters. The fourth-order valence-corrected chi connectivity index (χ4v) is 3.15. The molecule has 0 saturated heterocycles. The second-order valence-electron chi connectivity index (χ2n) is 5.27. The zero-order valence-corrected chi connectivity index (χ0v) is 13.3. The molecule has 0 radical (unpaired) electrons. The van der Waals surface area contributed by atoms with Crippen LogP contribution < -0.4 is 10.1 Å². The van der Waals surface area contributed by atoms with Crippen molar-refractivity contribution in [3.63, 3.8) is 0 Å². The van der Waals surface area contributed by atoms with Gasteiger partial charge >= 0.3 is 0 Å². The number of hydrogen-bond acceptors (Lipinski definition) is 3. The van der Waals surface area contributed by atoms with Crippen LogP contribution in [-0.2, 0) is 4.79 Å². The van der Waals surface area contributed by atoms with E-state index in [1.54, 1.807) is 0 Å². The molecule has 1 amide bonds. The van der Waals surface area contributed by atoms with Gasteiger partial charge in [0.2, 0.25) is 0 Å². The maximum Gasteiger partial charge on any atom is 0.262 e. The van der Waals surface area contributed by atoms with Crippen molar-refractivity contribution in [3.8, 4) is 5.75 Å². The fourth-order valence-electron chi connectivity index (χ4n) is 2.20. The van der Waals surface area contributed by atoms with Crippen LogP contribution >= 0.6 is 11.8 Å². The Morgan fingerprint density at radius 3 is 2.64 bits per heavy atom. The second kappa shape index (κ2) is 6.28. The van der Waals surface area contributed by atoms with Crippen LogP contribution in [0.1, 0.15) is 19.4 Å². The number of carbonyl (C=O) groups is 1. The molecule has 0 saturated carbocycles. The van der Waals surface area contributed by atoms with Gasteiger partial charge in [-0.05, 0) is 38.1 Å². The van der Waals surface area contributed by atoms with E-state index in [4.69, 9.17) is 4.74 Å². The number of rotatable bonds is 3.